The molecule has 0 spiro atoms. The van der Waals surface area contributed by atoms with E-state index in [0.717, 1.165) is 41.5 Å². The zero-order chi connectivity index (χ0) is 33.4. The van der Waals surface area contributed by atoms with Crippen molar-refractivity contribution >= 4 is 39.5 Å². The van der Waals surface area contributed by atoms with Gasteiger partial charge in [0, 0.05) is 46.7 Å². The van der Waals surface area contributed by atoms with Crippen molar-refractivity contribution in [2.45, 2.75) is 37.4 Å². The zero-order valence-corrected chi connectivity index (χ0v) is 27.4. The van der Waals surface area contributed by atoms with Gasteiger partial charge in [-0.15, -0.1) is 0 Å². The van der Waals surface area contributed by atoms with E-state index in [4.69, 9.17) is 4.98 Å². The molecule has 2 amide bonds. The second-order valence-corrected chi connectivity index (χ2v) is 12.9. The van der Waals surface area contributed by atoms with Gasteiger partial charge in [-0.25, -0.2) is 4.98 Å². The van der Waals surface area contributed by atoms with Gasteiger partial charge in [0.05, 0.1) is 17.6 Å². The van der Waals surface area contributed by atoms with Crippen molar-refractivity contribution in [1.29, 1.82) is 0 Å². The lowest BCUT2D eigenvalue weighted by molar-refractivity contribution is -0.138. The van der Waals surface area contributed by atoms with E-state index in [9.17, 15) is 14.4 Å². The highest BCUT2D eigenvalue weighted by atomic mass is 16.2. The number of Topliss-reactive ketones (excluding diaryl/α,β-unsaturated/α-hetero) is 1. The second kappa shape index (κ2) is 13.1. The number of aromatic nitrogens is 3. The van der Waals surface area contributed by atoms with Gasteiger partial charge in [0.1, 0.15) is 11.9 Å². The Morgan fingerprint density at radius 3 is 2.60 bits per heavy atom. The molecule has 5 aromatic rings. The van der Waals surface area contributed by atoms with E-state index in [1.54, 1.807) is 29.2 Å². The minimum Gasteiger partial charge on any atom is -0.357 e. The fourth-order valence-corrected chi connectivity index (χ4v) is 7.01. The third kappa shape index (κ3) is 5.99. The molecule has 7 rings (SSSR count). The van der Waals surface area contributed by atoms with Crippen molar-refractivity contribution in [3.05, 3.63) is 101 Å². The first-order chi connectivity index (χ1) is 23.3. The number of benzene rings is 3. The van der Waals surface area contributed by atoms with E-state index in [1.807, 2.05) is 61.5 Å². The molecule has 3 unspecified atom stereocenters. The molecule has 0 aliphatic carbocycles. The van der Waals surface area contributed by atoms with Crippen LogP contribution in [-0.2, 0) is 4.79 Å². The van der Waals surface area contributed by atoms with Crippen LogP contribution in [0.4, 0.5) is 0 Å². The van der Waals surface area contributed by atoms with E-state index in [0.29, 0.717) is 47.0 Å². The number of carbonyl (C=O) groups is 3. The summed E-state index contributed by atoms with van der Waals surface area (Å²) in [6, 6.07) is 22.0. The third-order valence-electron chi connectivity index (χ3n) is 9.48. The summed E-state index contributed by atoms with van der Waals surface area (Å²) in [5.41, 5.74) is 5.24. The highest BCUT2D eigenvalue weighted by molar-refractivity contribution is 6.09. The highest BCUT2D eigenvalue weighted by Crippen LogP contribution is 2.33. The molecule has 4 heterocycles. The predicted molar refractivity (Wildman–Crippen MR) is 185 cm³/mol. The number of aromatic amines is 2. The average molecular weight is 642 g/mol. The molecule has 3 N–H and O–H groups in total. The van der Waals surface area contributed by atoms with Gasteiger partial charge < -0.3 is 20.2 Å². The van der Waals surface area contributed by atoms with Crippen LogP contribution in [0.25, 0.3) is 21.9 Å². The first kappa shape index (κ1) is 31.4. The van der Waals surface area contributed by atoms with Crippen LogP contribution in [0.1, 0.15) is 75.2 Å². The molecule has 3 atom stereocenters. The number of nitrogens with zero attached hydrogens (tertiary/aromatic N) is 4. The zero-order valence-electron chi connectivity index (χ0n) is 27.4. The Kier molecular flexibility index (Phi) is 8.56. The second-order valence-electron chi connectivity index (χ2n) is 12.9. The fourth-order valence-electron chi connectivity index (χ4n) is 7.01. The Labute approximate surface area is 279 Å². The molecule has 0 bridgehead atoms. The van der Waals surface area contributed by atoms with Crippen LogP contribution in [0, 0.1) is 11.8 Å². The van der Waals surface area contributed by atoms with Gasteiger partial charge in [0.25, 0.3) is 5.91 Å². The van der Waals surface area contributed by atoms with Crippen LogP contribution in [-0.4, -0.2) is 88.0 Å². The van der Waals surface area contributed by atoms with E-state index in [2.05, 4.69) is 45.1 Å². The number of ketones is 1. The molecule has 2 aromatic heterocycles. The Morgan fingerprint density at radius 2 is 1.83 bits per heavy atom. The van der Waals surface area contributed by atoms with Crippen molar-refractivity contribution < 1.29 is 14.4 Å². The van der Waals surface area contributed by atoms with Gasteiger partial charge in [-0.3, -0.25) is 24.2 Å². The Morgan fingerprint density at radius 1 is 1.00 bits per heavy atom. The number of H-pyrrole nitrogens is 2. The minimum absolute atomic E-state index is 0.0466. The van der Waals surface area contributed by atoms with E-state index < -0.39 is 12.1 Å². The smallest absolute Gasteiger partial charge is 0.252 e. The van der Waals surface area contributed by atoms with Crippen molar-refractivity contribution in [3.63, 3.8) is 0 Å². The van der Waals surface area contributed by atoms with Crippen molar-refractivity contribution in [2.75, 3.05) is 40.8 Å². The number of hydrogen-bond donors (Lipinski definition) is 3. The molecule has 1 saturated heterocycles. The summed E-state index contributed by atoms with van der Waals surface area (Å²) in [6.07, 6.45) is 2.81. The lowest BCUT2D eigenvalue weighted by atomic mass is 10.0. The van der Waals surface area contributed by atoms with Crippen LogP contribution < -0.4 is 5.32 Å². The number of hydrogen-bond acceptors (Lipinski definition) is 6. The molecule has 48 heavy (non-hydrogen) atoms. The largest absolute Gasteiger partial charge is 0.357 e. The summed E-state index contributed by atoms with van der Waals surface area (Å²) in [5, 5.41) is 3.68. The van der Waals surface area contributed by atoms with E-state index >= 15 is 0 Å². The van der Waals surface area contributed by atoms with Crippen LogP contribution in [0.15, 0.2) is 72.8 Å². The van der Waals surface area contributed by atoms with Gasteiger partial charge in [-0.1, -0.05) is 48.2 Å². The molecule has 3 aromatic carbocycles. The number of imidazole rings is 1. The maximum Gasteiger partial charge on any atom is 0.252 e. The first-order valence-corrected chi connectivity index (χ1v) is 16.4. The minimum atomic E-state index is -0.547. The summed E-state index contributed by atoms with van der Waals surface area (Å²) < 4.78 is 0. The number of rotatable bonds is 9. The molecule has 244 valence electrons. The number of nitrogens with one attached hydrogen (secondary N) is 3. The summed E-state index contributed by atoms with van der Waals surface area (Å²) in [5.74, 6) is 6.36. The number of likely N-dealkylation sites (tertiary alicyclic amines) is 1. The molecule has 10 heteroatoms. The Hall–Kier alpha value is -5.24. The summed E-state index contributed by atoms with van der Waals surface area (Å²) in [7, 11) is 5.92. The van der Waals surface area contributed by atoms with Gasteiger partial charge in [-0.2, -0.15) is 0 Å². The molecular weight excluding hydrogens is 602 g/mol. The predicted octanol–water partition coefficient (Wildman–Crippen LogP) is 5.00. The lowest BCUT2D eigenvalue weighted by Crippen LogP contribution is -2.44. The van der Waals surface area contributed by atoms with E-state index in [-0.39, 0.29) is 24.1 Å². The number of fused-ring (bicyclic) bond motifs is 2. The quantitative estimate of drug-likeness (QED) is 0.154. The van der Waals surface area contributed by atoms with Gasteiger partial charge in [-0.05, 0) is 82.5 Å². The summed E-state index contributed by atoms with van der Waals surface area (Å²) in [6.45, 7) is 1.40. The molecule has 0 radical (unpaired) electrons. The topological polar surface area (TPSA) is 117 Å². The first-order valence-electron chi connectivity index (χ1n) is 16.4. The standard InChI is InChI=1S/C38H39N7O3/c1-43(2)35(24-11-5-4-6-12-24)38(48)45-20-8-7-15-33(45)36-41-29-18-17-25(21-30(29)42-36)34(46)23-39-37(47)26-13-9-14-28-27(26)22-31(40-28)32-16-10-19-44(32)3/h4-6,9,11-14,17-18,21-22,32-33,35,40H,8,10,16,19-20,23H2,1-3H3,(H,39,47)(H,41,42). The third-order valence-corrected chi connectivity index (χ3v) is 9.48. The van der Waals surface area contributed by atoms with Crippen LogP contribution >= 0.6 is 0 Å². The number of amides is 2. The number of carbonyl (C=O) groups excluding carboxylic acids is 3. The monoisotopic (exact) mass is 641 g/mol. The summed E-state index contributed by atoms with van der Waals surface area (Å²) in [4.78, 5) is 58.1. The fraction of sp³-hybridized carbons (Fsp3) is 0.316. The van der Waals surface area contributed by atoms with Crippen LogP contribution in [0.5, 0.6) is 0 Å². The van der Waals surface area contributed by atoms with Crippen molar-refractivity contribution in [3.8, 4) is 11.8 Å². The molecular formula is C38H39N7O3. The van der Waals surface area contributed by atoms with E-state index in [1.165, 1.54) is 0 Å². The van der Waals surface area contributed by atoms with Gasteiger partial charge >= 0.3 is 0 Å². The molecule has 2 aliphatic heterocycles. The SMILES string of the molecule is CN(C)C(C(=O)N1CCC#CC1c1nc2ccc(C(=O)CNC(=O)c3cccc4[nH]c(C5CCCN5C)cc34)cc2[nH]1)c1ccccc1. The maximum atomic E-state index is 14.0. The number of likely N-dealkylation sites (N-methyl/N-ethyl adjacent to an activating group) is 1. The lowest BCUT2D eigenvalue weighted by Gasteiger charge is -2.34. The van der Waals surface area contributed by atoms with Crippen molar-refractivity contribution in [1.82, 2.24) is 35.0 Å². The average Bonchev–Trinajstić information content (AvgIpc) is 3.84. The van der Waals surface area contributed by atoms with Crippen molar-refractivity contribution in [2.24, 2.45) is 0 Å². The molecule has 0 saturated carbocycles. The van der Waals surface area contributed by atoms with Crippen LogP contribution in [0.2, 0.25) is 0 Å². The van der Waals surface area contributed by atoms with Gasteiger partial charge in [0.2, 0.25) is 5.91 Å². The van der Waals surface area contributed by atoms with Crippen LogP contribution in [0.3, 0.4) is 0 Å². The Bertz CT molecular complexity index is 2070. The van der Waals surface area contributed by atoms with Gasteiger partial charge in [0.15, 0.2) is 11.8 Å². The summed E-state index contributed by atoms with van der Waals surface area (Å²) >= 11 is 0. The molecule has 1 fully saturated rings. The highest BCUT2D eigenvalue weighted by Gasteiger charge is 2.34. The Balaban J connectivity index is 1.07. The molecule has 10 nitrogen and oxygen atoms in total. The molecule has 2 aliphatic rings. The maximum absolute atomic E-state index is 14.0. The normalized spacial score (nSPS) is 18.6.